The Morgan fingerprint density at radius 2 is 1.70 bits per heavy atom. The van der Waals surface area contributed by atoms with Crippen LogP contribution in [0.3, 0.4) is 0 Å². The van der Waals surface area contributed by atoms with Crippen LogP contribution in [0.25, 0.3) is 0 Å². The molecule has 0 aliphatic carbocycles. The van der Waals surface area contributed by atoms with Gasteiger partial charge in [0.2, 0.25) is 11.8 Å². The molecule has 0 aliphatic rings. The highest BCUT2D eigenvalue weighted by atomic mass is 16.4. The van der Waals surface area contributed by atoms with Gasteiger partial charge in [-0.05, 0) is 12.1 Å². The first-order chi connectivity index (χ1) is 9.32. The number of carboxylic acids is 1. The quantitative estimate of drug-likeness (QED) is 0.557. The lowest BCUT2D eigenvalue weighted by molar-refractivity contribution is -0.121. The van der Waals surface area contributed by atoms with Crippen molar-refractivity contribution in [1.82, 2.24) is 9.88 Å². The monoisotopic (exact) mass is 280 g/mol. The second kappa shape index (κ2) is 6.27. The van der Waals surface area contributed by atoms with E-state index < -0.39 is 42.5 Å². The SMILES string of the molecule is NC(=O)CN(CC(N)=O)C(=O)c1ncccc1C(=O)O. The molecular weight excluding hydrogens is 268 g/mol. The van der Waals surface area contributed by atoms with E-state index in [2.05, 4.69) is 4.98 Å². The van der Waals surface area contributed by atoms with Crippen LogP contribution in [0.5, 0.6) is 0 Å². The van der Waals surface area contributed by atoms with Crippen molar-refractivity contribution in [2.75, 3.05) is 13.1 Å². The average Bonchev–Trinajstić information content (AvgIpc) is 2.36. The molecule has 0 saturated carbocycles. The Kier molecular flexibility index (Phi) is 4.73. The second-order valence-corrected chi connectivity index (χ2v) is 3.80. The third kappa shape index (κ3) is 3.77. The smallest absolute Gasteiger partial charge is 0.338 e. The van der Waals surface area contributed by atoms with Gasteiger partial charge in [0.1, 0.15) is 18.8 Å². The molecule has 106 valence electrons. The number of aromatic nitrogens is 1. The zero-order valence-electron chi connectivity index (χ0n) is 10.3. The van der Waals surface area contributed by atoms with Gasteiger partial charge >= 0.3 is 5.97 Å². The summed E-state index contributed by atoms with van der Waals surface area (Å²) in [7, 11) is 0. The van der Waals surface area contributed by atoms with Crippen LogP contribution in [0.15, 0.2) is 18.3 Å². The van der Waals surface area contributed by atoms with E-state index in [9.17, 15) is 19.2 Å². The van der Waals surface area contributed by atoms with Gasteiger partial charge in [-0.15, -0.1) is 0 Å². The lowest BCUT2D eigenvalue weighted by Crippen LogP contribution is -2.44. The van der Waals surface area contributed by atoms with Gasteiger partial charge in [0.05, 0.1) is 5.56 Å². The fourth-order valence-electron chi connectivity index (χ4n) is 1.47. The Morgan fingerprint density at radius 1 is 1.15 bits per heavy atom. The van der Waals surface area contributed by atoms with Crippen LogP contribution in [0, 0.1) is 0 Å². The van der Waals surface area contributed by atoms with Crippen molar-refractivity contribution < 1.29 is 24.3 Å². The predicted molar refractivity (Wildman–Crippen MR) is 65.5 cm³/mol. The summed E-state index contributed by atoms with van der Waals surface area (Å²) in [6, 6.07) is 2.52. The van der Waals surface area contributed by atoms with Crippen molar-refractivity contribution in [3.63, 3.8) is 0 Å². The van der Waals surface area contributed by atoms with Crippen LogP contribution < -0.4 is 11.5 Å². The molecule has 5 N–H and O–H groups in total. The summed E-state index contributed by atoms with van der Waals surface area (Å²) < 4.78 is 0. The maximum atomic E-state index is 12.1. The number of carboxylic acid groups (broad SMARTS) is 1. The fourth-order valence-corrected chi connectivity index (χ4v) is 1.47. The lowest BCUT2D eigenvalue weighted by Gasteiger charge is -2.19. The molecule has 1 heterocycles. The number of amides is 3. The molecule has 9 heteroatoms. The third-order valence-electron chi connectivity index (χ3n) is 2.22. The van der Waals surface area contributed by atoms with Gasteiger partial charge in [0, 0.05) is 6.20 Å². The number of carbonyl (C=O) groups is 4. The van der Waals surface area contributed by atoms with E-state index in [4.69, 9.17) is 16.6 Å². The highest BCUT2D eigenvalue weighted by Gasteiger charge is 2.25. The van der Waals surface area contributed by atoms with Crippen LogP contribution in [0.2, 0.25) is 0 Å². The number of nitrogens with two attached hydrogens (primary N) is 2. The summed E-state index contributed by atoms with van der Waals surface area (Å²) in [5, 5.41) is 8.97. The molecule has 0 bridgehead atoms. The topological polar surface area (TPSA) is 157 Å². The second-order valence-electron chi connectivity index (χ2n) is 3.80. The van der Waals surface area contributed by atoms with E-state index in [1.54, 1.807) is 0 Å². The summed E-state index contributed by atoms with van der Waals surface area (Å²) in [6.07, 6.45) is 1.21. The highest BCUT2D eigenvalue weighted by Crippen LogP contribution is 2.09. The average molecular weight is 280 g/mol. The summed E-state index contributed by atoms with van der Waals surface area (Å²) in [5.41, 5.74) is 9.17. The zero-order chi connectivity index (χ0) is 15.3. The molecule has 1 rings (SSSR count). The van der Waals surface area contributed by atoms with Gasteiger partial charge in [-0.1, -0.05) is 0 Å². The molecule has 0 saturated heterocycles. The van der Waals surface area contributed by atoms with Crippen LogP contribution in [0.1, 0.15) is 20.8 Å². The van der Waals surface area contributed by atoms with E-state index in [-0.39, 0.29) is 5.56 Å². The molecule has 0 radical (unpaired) electrons. The molecule has 1 aromatic rings. The highest BCUT2D eigenvalue weighted by molar-refractivity contribution is 6.04. The van der Waals surface area contributed by atoms with Gasteiger partial charge in [0.25, 0.3) is 5.91 Å². The van der Waals surface area contributed by atoms with E-state index in [1.807, 2.05) is 0 Å². The van der Waals surface area contributed by atoms with Crippen LogP contribution in [-0.4, -0.2) is 51.8 Å². The predicted octanol–water partition coefficient (Wildman–Crippen LogP) is -1.81. The van der Waals surface area contributed by atoms with Crippen molar-refractivity contribution >= 4 is 23.7 Å². The summed E-state index contributed by atoms with van der Waals surface area (Å²) in [6.45, 7) is -1.14. The maximum Gasteiger partial charge on any atom is 0.338 e. The molecule has 0 aliphatic heterocycles. The summed E-state index contributed by atoms with van der Waals surface area (Å²) in [4.78, 5) is 49.3. The van der Waals surface area contributed by atoms with E-state index >= 15 is 0 Å². The Bertz CT molecular complexity index is 556. The van der Waals surface area contributed by atoms with E-state index in [0.29, 0.717) is 0 Å². The molecule has 0 aromatic carbocycles. The van der Waals surface area contributed by atoms with Gasteiger partial charge < -0.3 is 21.5 Å². The molecule has 1 aromatic heterocycles. The number of rotatable bonds is 6. The number of hydrogen-bond acceptors (Lipinski definition) is 5. The zero-order valence-corrected chi connectivity index (χ0v) is 10.3. The van der Waals surface area contributed by atoms with Crippen molar-refractivity contribution in [3.05, 3.63) is 29.6 Å². The molecule has 0 spiro atoms. The van der Waals surface area contributed by atoms with E-state index in [0.717, 1.165) is 4.90 Å². The molecule has 0 atom stereocenters. The number of pyridine rings is 1. The first kappa shape index (κ1) is 15.1. The van der Waals surface area contributed by atoms with Gasteiger partial charge in [-0.2, -0.15) is 0 Å². The largest absolute Gasteiger partial charge is 0.478 e. The Morgan fingerprint density at radius 3 is 2.15 bits per heavy atom. The summed E-state index contributed by atoms with van der Waals surface area (Å²) in [5.74, 6) is -4.01. The minimum atomic E-state index is -1.36. The van der Waals surface area contributed by atoms with Gasteiger partial charge in [-0.3, -0.25) is 19.4 Å². The first-order valence-corrected chi connectivity index (χ1v) is 5.37. The molecular formula is C11H12N4O5. The Hall–Kier alpha value is -2.97. The minimum absolute atomic E-state index is 0.351. The third-order valence-corrected chi connectivity index (χ3v) is 2.22. The van der Waals surface area contributed by atoms with Crippen molar-refractivity contribution in [3.8, 4) is 0 Å². The number of primary amides is 2. The van der Waals surface area contributed by atoms with Gasteiger partial charge in [0.15, 0.2) is 0 Å². The first-order valence-electron chi connectivity index (χ1n) is 5.37. The summed E-state index contributed by atoms with van der Waals surface area (Å²) >= 11 is 0. The number of nitrogens with zero attached hydrogens (tertiary/aromatic N) is 2. The maximum absolute atomic E-state index is 12.1. The molecule has 0 fully saturated rings. The molecule has 0 unspecified atom stereocenters. The minimum Gasteiger partial charge on any atom is -0.478 e. The van der Waals surface area contributed by atoms with Crippen molar-refractivity contribution in [2.24, 2.45) is 11.5 Å². The Labute approximate surface area is 113 Å². The fraction of sp³-hybridized carbons (Fsp3) is 0.182. The molecule has 3 amide bonds. The standard InChI is InChI=1S/C11H12N4O5/c12-7(16)4-15(5-8(13)17)10(18)9-6(11(19)20)2-1-3-14-9/h1-3H,4-5H2,(H2,12,16)(H2,13,17)(H,19,20). The number of carbonyl (C=O) groups excluding carboxylic acids is 3. The van der Waals surface area contributed by atoms with Crippen LogP contribution >= 0.6 is 0 Å². The number of hydrogen-bond donors (Lipinski definition) is 3. The molecule has 9 nitrogen and oxygen atoms in total. The lowest BCUT2D eigenvalue weighted by atomic mass is 10.1. The van der Waals surface area contributed by atoms with Crippen LogP contribution in [-0.2, 0) is 9.59 Å². The Balaban J connectivity index is 3.14. The van der Waals surface area contributed by atoms with Crippen molar-refractivity contribution in [1.29, 1.82) is 0 Å². The van der Waals surface area contributed by atoms with Gasteiger partial charge in [-0.25, -0.2) is 4.79 Å². The normalized spacial score (nSPS) is 9.80. The molecule has 20 heavy (non-hydrogen) atoms. The number of aromatic carboxylic acids is 1. The van der Waals surface area contributed by atoms with Crippen LogP contribution in [0.4, 0.5) is 0 Å². The van der Waals surface area contributed by atoms with E-state index in [1.165, 1.54) is 18.3 Å². The van der Waals surface area contributed by atoms with Crippen molar-refractivity contribution in [2.45, 2.75) is 0 Å².